The predicted octanol–water partition coefficient (Wildman–Crippen LogP) is 5.98. The molecule has 148 valence electrons. The summed E-state index contributed by atoms with van der Waals surface area (Å²) in [6.45, 7) is 3.31. The zero-order chi connectivity index (χ0) is 20.1. The molecule has 0 bridgehead atoms. The third-order valence-corrected chi connectivity index (χ3v) is 6.72. The third kappa shape index (κ3) is 5.11. The van der Waals surface area contributed by atoms with Gasteiger partial charge in [-0.1, -0.05) is 42.3 Å². The number of thioether (sulfide) groups is 1. The smallest absolute Gasteiger partial charge is 0.253 e. The van der Waals surface area contributed by atoms with E-state index in [-0.39, 0.29) is 17.6 Å². The zero-order valence-electron chi connectivity index (χ0n) is 15.8. The normalized spacial score (nSPS) is 14.9. The molecule has 0 N–H and O–H groups in total. The van der Waals surface area contributed by atoms with Crippen molar-refractivity contribution in [3.63, 3.8) is 0 Å². The van der Waals surface area contributed by atoms with Gasteiger partial charge in [0.1, 0.15) is 0 Å². The Kier molecular flexibility index (Phi) is 7.44. The van der Waals surface area contributed by atoms with Crippen molar-refractivity contribution in [1.29, 1.82) is 0 Å². The van der Waals surface area contributed by atoms with Crippen LogP contribution < -0.4 is 0 Å². The lowest BCUT2D eigenvalue weighted by Gasteiger charge is -2.31. The summed E-state index contributed by atoms with van der Waals surface area (Å²) in [6.07, 6.45) is 1.33. The molecule has 0 saturated carbocycles. The van der Waals surface area contributed by atoms with Crippen molar-refractivity contribution >= 4 is 46.7 Å². The number of hydrogen-bond donors (Lipinski definition) is 0. The van der Waals surface area contributed by atoms with Crippen LogP contribution in [0.5, 0.6) is 0 Å². The van der Waals surface area contributed by atoms with Gasteiger partial charge in [0.05, 0.1) is 10.0 Å². The van der Waals surface area contributed by atoms with E-state index in [1.54, 1.807) is 18.2 Å². The first-order valence-electron chi connectivity index (χ1n) is 9.44. The van der Waals surface area contributed by atoms with Crippen LogP contribution in [0.3, 0.4) is 0 Å². The molecule has 0 aliphatic carbocycles. The molecule has 0 atom stereocenters. The van der Waals surface area contributed by atoms with E-state index in [1.807, 2.05) is 40.9 Å². The summed E-state index contributed by atoms with van der Waals surface area (Å²) in [7, 11) is 0. The van der Waals surface area contributed by atoms with E-state index in [4.69, 9.17) is 23.2 Å². The summed E-state index contributed by atoms with van der Waals surface area (Å²) in [6, 6.07) is 12.8. The van der Waals surface area contributed by atoms with Crippen LogP contribution in [-0.2, 0) is 5.75 Å². The fourth-order valence-corrected chi connectivity index (χ4v) is 4.31. The average Bonchev–Trinajstić information content (AvgIpc) is 2.73. The Bertz CT molecular complexity index is 846. The van der Waals surface area contributed by atoms with Crippen LogP contribution in [0.1, 0.15) is 46.0 Å². The molecule has 0 unspecified atom stereocenters. The molecule has 3 rings (SSSR count). The van der Waals surface area contributed by atoms with Crippen molar-refractivity contribution in [2.45, 2.75) is 25.5 Å². The second-order valence-corrected chi connectivity index (χ2v) is 8.98. The van der Waals surface area contributed by atoms with E-state index in [2.05, 4.69) is 6.92 Å². The summed E-state index contributed by atoms with van der Waals surface area (Å²) in [4.78, 5) is 27.3. The summed E-state index contributed by atoms with van der Waals surface area (Å²) in [5.41, 5.74) is 2.52. The Hall–Kier alpha value is -1.49. The zero-order valence-corrected chi connectivity index (χ0v) is 18.1. The van der Waals surface area contributed by atoms with Crippen LogP contribution in [0.2, 0.25) is 10.0 Å². The number of Topliss-reactive ketones (excluding diaryl/α,β-unsaturated/α-hetero) is 1. The van der Waals surface area contributed by atoms with Gasteiger partial charge in [-0.2, -0.15) is 11.8 Å². The number of carbonyl (C=O) groups excluding carboxylic acids is 2. The second kappa shape index (κ2) is 9.82. The highest BCUT2D eigenvalue weighted by molar-refractivity contribution is 7.98. The molecule has 0 radical (unpaired) electrons. The highest BCUT2D eigenvalue weighted by Gasteiger charge is 2.28. The van der Waals surface area contributed by atoms with E-state index < -0.39 is 0 Å². The topological polar surface area (TPSA) is 37.4 Å². The van der Waals surface area contributed by atoms with Crippen LogP contribution in [0, 0.1) is 5.92 Å². The van der Waals surface area contributed by atoms with Crippen LogP contribution in [-0.4, -0.2) is 35.4 Å². The molecule has 1 aliphatic rings. The number of carbonyl (C=O) groups is 2. The number of piperidine rings is 1. The summed E-state index contributed by atoms with van der Waals surface area (Å²) in [5, 5.41) is 0.832. The quantitative estimate of drug-likeness (QED) is 0.523. The van der Waals surface area contributed by atoms with Crippen molar-refractivity contribution in [3.8, 4) is 0 Å². The molecule has 0 spiro atoms. The van der Waals surface area contributed by atoms with Gasteiger partial charge in [-0.3, -0.25) is 9.59 Å². The number of likely N-dealkylation sites (tertiary alicyclic amines) is 1. The molecular weight excluding hydrogens is 413 g/mol. The van der Waals surface area contributed by atoms with Crippen LogP contribution >= 0.6 is 35.0 Å². The molecule has 6 heteroatoms. The van der Waals surface area contributed by atoms with Crippen molar-refractivity contribution in [1.82, 2.24) is 4.90 Å². The Morgan fingerprint density at radius 1 is 1.00 bits per heavy atom. The first-order valence-corrected chi connectivity index (χ1v) is 11.4. The number of rotatable bonds is 6. The molecule has 28 heavy (non-hydrogen) atoms. The molecule has 2 aromatic rings. The fourth-order valence-electron chi connectivity index (χ4n) is 3.38. The van der Waals surface area contributed by atoms with Gasteiger partial charge < -0.3 is 4.90 Å². The maximum atomic E-state index is 12.8. The van der Waals surface area contributed by atoms with Gasteiger partial charge in [0, 0.05) is 35.9 Å². The SMILES string of the molecule is CCSCc1ccc(C(=O)N2CCC(C(=O)c3ccc(Cl)c(Cl)c3)CC2)cc1. The fraction of sp³-hybridized carbons (Fsp3) is 0.364. The molecule has 1 heterocycles. The van der Waals surface area contributed by atoms with Gasteiger partial charge in [-0.15, -0.1) is 0 Å². The van der Waals surface area contributed by atoms with E-state index in [9.17, 15) is 9.59 Å². The third-order valence-electron chi connectivity index (χ3n) is 5.03. The molecule has 1 saturated heterocycles. The Morgan fingerprint density at radius 3 is 2.25 bits per heavy atom. The minimum absolute atomic E-state index is 0.0372. The molecular formula is C22H23Cl2NO2S. The summed E-state index contributed by atoms with van der Waals surface area (Å²) in [5.74, 6) is 2.07. The molecule has 3 nitrogen and oxygen atoms in total. The maximum absolute atomic E-state index is 12.8. The lowest BCUT2D eigenvalue weighted by molar-refractivity contribution is 0.0650. The number of amides is 1. The lowest BCUT2D eigenvalue weighted by Crippen LogP contribution is -2.40. The van der Waals surface area contributed by atoms with E-state index in [1.165, 1.54) is 5.56 Å². The van der Waals surface area contributed by atoms with Crippen molar-refractivity contribution < 1.29 is 9.59 Å². The van der Waals surface area contributed by atoms with Gasteiger partial charge >= 0.3 is 0 Å². The minimum atomic E-state index is -0.0882. The predicted molar refractivity (Wildman–Crippen MR) is 118 cm³/mol. The molecule has 1 fully saturated rings. The first-order chi connectivity index (χ1) is 13.5. The number of nitrogens with zero attached hydrogens (tertiary/aromatic N) is 1. The van der Waals surface area contributed by atoms with Crippen LogP contribution in [0.15, 0.2) is 42.5 Å². The number of ketones is 1. The van der Waals surface area contributed by atoms with Crippen LogP contribution in [0.4, 0.5) is 0 Å². The van der Waals surface area contributed by atoms with Crippen molar-refractivity contribution in [2.24, 2.45) is 5.92 Å². The Morgan fingerprint density at radius 2 is 1.64 bits per heavy atom. The summed E-state index contributed by atoms with van der Waals surface area (Å²) < 4.78 is 0. The standard InChI is InChI=1S/C22H23Cl2NO2S/c1-2-28-14-15-3-5-17(6-4-15)22(27)25-11-9-16(10-12-25)21(26)18-7-8-19(23)20(24)13-18/h3-8,13,16H,2,9-12,14H2,1H3. The highest BCUT2D eigenvalue weighted by Crippen LogP contribution is 2.27. The second-order valence-electron chi connectivity index (χ2n) is 6.89. The number of hydrogen-bond acceptors (Lipinski definition) is 3. The maximum Gasteiger partial charge on any atom is 0.253 e. The van der Waals surface area contributed by atoms with Gasteiger partial charge in [-0.25, -0.2) is 0 Å². The molecule has 2 aromatic carbocycles. The lowest BCUT2D eigenvalue weighted by atomic mass is 9.88. The average molecular weight is 436 g/mol. The Labute approximate surface area is 180 Å². The highest BCUT2D eigenvalue weighted by atomic mass is 35.5. The first kappa shape index (κ1) is 21.2. The largest absolute Gasteiger partial charge is 0.339 e. The summed E-state index contributed by atoms with van der Waals surface area (Å²) >= 11 is 13.8. The number of benzene rings is 2. The molecule has 1 amide bonds. The van der Waals surface area contributed by atoms with Crippen molar-refractivity contribution in [2.75, 3.05) is 18.8 Å². The number of halogens is 2. The van der Waals surface area contributed by atoms with E-state index in [0.717, 1.165) is 11.5 Å². The van der Waals surface area contributed by atoms with Gasteiger partial charge in [0.2, 0.25) is 0 Å². The van der Waals surface area contributed by atoms with Crippen LogP contribution in [0.25, 0.3) is 0 Å². The van der Waals surface area contributed by atoms with E-state index in [0.29, 0.717) is 47.1 Å². The molecule has 0 aromatic heterocycles. The van der Waals surface area contributed by atoms with E-state index >= 15 is 0 Å². The molecule has 1 aliphatic heterocycles. The Balaban J connectivity index is 1.57. The monoisotopic (exact) mass is 435 g/mol. The van der Waals surface area contributed by atoms with Gasteiger partial charge in [-0.05, 0) is 54.5 Å². The van der Waals surface area contributed by atoms with Gasteiger partial charge in [0.15, 0.2) is 5.78 Å². The minimum Gasteiger partial charge on any atom is -0.339 e. The van der Waals surface area contributed by atoms with Crippen molar-refractivity contribution in [3.05, 3.63) is 69.2 Å². The van der Waals surface area contributed by atoms with Gasteiger partial charge in [0.25, 0.3) is 5.91 Å².